The van der Waals surface area contributed by atoms with E-state index < -0.39 is 18.1 Å². The van der Waals surface area contributed by atoms with E-state index in [0.717, 1.165) is 11.1 Å². The molecule has 2 aromatic rings. The molecule has 25 heavy (non-hydrogen) atoms. The van der Waals surface area contributed by atoms with Crippen LogP contribution in [0, 0.1) is 0 Å². The van der Waals surface area contributed by atoms with Gasteiger partial charge in [-0.05, 0) is 35.1 Å². The first-order valence-electron chi connectivity index (χ1n) is 8.51. The predicted molar refractivity (Wildman–Crippen MR) is 92.4 cm³/mol. The Morgan fingerprint density at radius 2 is 1.64 bits per heavy atom. The van der Waals surface area contributed by atoms with Crippen LogP contribution in [0.25, 0.3) is 11.1 Å². The van der Waals surface area contributed by atoms with Gasteiger partial charge >= 0.3 is 12.1 Å². The van der Waals surface area contributed by atoms with E-state index >= 15 is 0 Å². The first-order valence-corrected chi connectivity index (χ1v) is 8.51. The van der Waals surface area contributed by atoms with E-state index in [-0.39, 0.29) is 12.5 Å². The minimum Gasteiger partial charge on any atom is -0.480 e. The average Bonchev–Trinajstić information content (AvgIpc) is 3.23. The van der Waals surface area contributed by atoms with Crippen LogP contribution in [0.1, 0.15) is 29.9 Å². The summed E-state index contributed by atoms with van der Waals surface area (Å²) in [6.07, 6.45) is 0.646. The Balaban J connectivity index is 1.53. The predicted octanol–water partition coefficient (Wildman–Crippen LogP) is 3.48. The van der Waals surface area contributed by atoms with Crippen LogP contribution in [0.15, 0.2) is 48.5 Å². The van der Waals surface area contributed by atoms with Gasteiger partial charge in [0.05, 0.1) is 0 Å². The van der Waals surface area contributed by atoms with Crippen molar-refractivity contribution in [2.24, 2.45) is 0 Å². The number of rotatable bonds is 3. The number of amides is 1. The van der Waals surface area contributed by atoms with Gasteiger partial charge in [0.15, 0.2) is 0 Å². The maximum atomic E-state index is 12.4. The van der Waals surface area contributed by atoms with Crippen LogP contribution in [0.4, 0.5) is 4.79 Å². The lowest BCUT2D eigenvalue weighted by molar-refractivity contribution is -0.141. The molecule has 1 N–H and O–H groups in total. The minimum atomic E-state index is -0.967. The molecule has 1 saturated heterocycles. The lowest BCUT2D eigenvalue weighted by atomic mass is 9.98. The molecule has 1 aliphatic carbocycles. The van der Waals surface area contributed by atoms with Gasteiger partial charge in [-0.15, -0.1) is 0 Å². The molecule has 4 rings (SSSR count). The summed E-state index contributed by atoms with van der Waals surface area (Å²) in [4.78, 5) is 25.0. The van der Waals surface area contributed by atoms with Gasteiger partial charge in [0.25, 0.3) is 0 Å². The molecule has 128 valence electrons. The molecule has 1 unspecified atom stereocenters. The first kappa shape index (κ1) is 15.7. The van der Waals surface area contributed by atoms with Crippen molar-refractivity contribution in [3.05, 3.63) is 59.7 Å². The second kappa shape index (κ2) is 6.24. The topological polar surface area (TPSA) is 66.8 Å². The van der Waals surface area contributed by atoms with Crippen LogP contribution in [-0.4, -0.2) is 41.3 Å². The number of benzene rings is 2. The number of hydrogen-bond donors (Lipinski definition) is 1. The van der Waals surface area contributed by atoms with Crippen molar-refractivity contribution >= 4 is 12.1 Å². The first-order chi connectivity index (χ1) is 12.2. The highest BCUT2D eigenvalue weighted by Crippen LogP contribution is 2.44. The monoisotopic (exact) mass is 339 g/mol. The summed E-state index contributed by atoms with van der Waals surface area (Å²) in [5.41, 5.74) is 4.63. The Morgan fingerprint density at radius 1 is 1.04 bits per heavy atom. The fourth-order valence-electron chi connectivity index (χ4n) is 3.92. The number of carbonyl (C=O) groups is 2. The summed E-state index contributed by atoms with van der Waals surface area (Å²) in [7, 11) is 0. The molecule has 2 aromatic carbocycles. The van der Waals surface area contributed by atoms with E-state index in [2.05, 4.69) is 24.3 Å². The number of fused-ring (bicyclic) bond motifs is 3. The second-order valence-corrected chi connectivity index (χ2v) is 6.49. The lowest BCUT2D eigenvalue weighted by Crippen LogP contribution is -2.41. The molecule has 0 spiro atoms. The lowest BCUT2D eigenvalue weighted by Gasteiger charge is -2.22. The van der Waals surface area contributed by atoms with Crippen molar-refractivity contribution in [1.82, 2.24) is 4.90 Å². The van der Waals surface area contributed by atoms with Gasteiger partial charge in [-0.1, -0.05) is 48.5 Å². The number of nitrogens with zero attached hydrogens (tertiary/aromatic N) is 1. The van der Waals surface area contributed by atoms with Crippen molar-refractivity contribution < 1.29 is 19.4 Å². The molecule has 1 atom stereocenters. The molecule has 1 aliphatic heterocycles. The van der Waals surface area contributed by atoms with Gasteiger partial charge in [0, 0.05) is 12.5 Å². The summed E-state index contributed by atoms with van der Waals surface area (Å²) < 4.78 is 5.53. The van der Waals surface area contributed by atoms with E-state index in [4.69, 9.17) is 4.74 Å². The van der Waals surface area contributed by atoms with Crippen LogP contribution >= 0.6 is 0 Å². The van der Waals surface area contributed by atoms with Crippen LogP contribution in [0.2, 0.25) is 0 Å². The number of likely N-dealkylation sites (tertiary alicyclic amines) is 1. The molecule has 0 radical (unpaired) electrons. The minimum absolute atomic E-state index is 0.0118. The van der Waals surface area contributed by atoms with E-state index in [0.29, 0.717) is 19.4 Å². The molecule has 5 heteroatoms. The molecule has 1 heterocycles. The highest BCUT2D eigenvalue weighted by Gasteiger charge is 2.36. The standard InChI is InChI=1S/C20H19NO4/c22-19(23)18-10-5-11-21(18)20(24)25-12-17-15-8-3-1-6-13(15)14-7-2-4-9-16(14)17/h1-4,6-9,17-18H,5,10-12H2,(H,22,23)/i10+1,19+1. The third-order valence-corrected chi connectivity index (χ3v) is 5.11. The van der Waals surface area contributed by atoms with Gasteiger partial charge in [-0.25, -0.2) is 9.59 Å². The van der Waals surface area contributed by atoms with Crippen molar-refractivity contribution in [3.8, 4) is 11.1 Å². The molecule has 0 aromatic heterocycles. The Morgan fingerprint density at radius 3 is 2.24 bits per heavy atom. The van der Waals surface area contributed by atoms with Crippen molar-refractivity contribution in [2.75, 3.05) is 13.2 Å². The SMILES string of the molecule is O=C(OCC1c2ccccc2-c2ccccc21)N1CC[13CH2]C1[13C](=O)O. The fourth-order valence-corrected chi connectivity index (χ4v) is 3.92. The van der Waals surface area contributed by atoms with Crippen molar-refractivity contribution in [1.29, 1.82) is 0 Å². The van der Waals surface area contributed by atoms with Gasteiger partial charge in [-0.2, -0.15) is 0 Å². The number of carboxylic acid groups (broad SMARTS) is 1. The largest absolute Gasteiger partial charge is 0.480 e. The molecule has 0 bridgehead atoms. The fraction of sp³-hybridized carbons (Fsp3) is 0.300. The molecular weight excluding hydrogens is 320 g/mol. The van der Waals surface area contributed by atoms with E-state index in [1.807, 2.05) is 24.3 Å². The molecule has 1 amide bonds. The molecular formula is C20H19NO4. The summed E-state index contributed by atoms with van der Waals surface area (Å²) in [5.74, 6) is -0.978. The number of ether oxygens (including phenoxy) is 1. The molecule has 5 nitrogen and oxygen atoms in total. The normalized spacial score (nSPS) is 18.7. The van der Waals surface area contributed by atoms with Crippen LogP contribution in [0.5, 0.6) is 0 Å². The Kier molecular flexibility index (Phi) is 3.92. The zero-order chi connectivity index (χ0) is 17.4. The molecule has 2 aliphatic rings. The summed E-state index contributed by atoms with van der Waals surface area (Å²) >= 11 is 0. The molecule has 0 saturated carbocycles. The highest BCUT2D eigenvalue weighted by molar-refractivity contribution is 5.81. The summed E-state index contributed by atoms with van der Waals surface area (Å²) in [6.45, 7) is 0.656. The van der Waals surface area contributed by atoms with Gasteiger partial charge in [0.1, 0.15) is 12.6 Å². The van der Waals surface area contributed by atoms with E-state index in [9.17, 15) is 14.7 Å². The second-order valence-electron chi connectivity index (χ2n) is 6.49. The van der Waals surface area contributed by atoms with Crippen molar-refractivity contribution in [3.63, 3.8) is 0 Å². The Bertz CT molecular complexity index is 786. The van der Waals surface area contributed by atoms with Gasteiger partial charge < -0.3 is 9.84 Å². The number of aliphatic carboxylic acids is 1. The zero-order valence-electron chi connectivity index (χ0n) is 13.7. The Hall–Kier alpha value is -2.82. The van der Waals surface area contributed by atoms with Crippen molar-refractivity contribution in [2.45, 2.75) is 24.8 Å². The number of carboxylic acids is 1. The summed E-state index contributed by atoms with van der Waals surface area (Å²) in [5, 5.41) is 9.22. The van der Waals surface area contributed by atoms with Crippen LogP contribution in [-0.2, 0) is 9.53 Å². The van der Waals surface area contributed by atoms with Gasteiger partial charge in [0.2, 0.25) is 0 Å². The van der Waals surface area contributed by atoms with E-state index in [1.165, 1.54) is 16.0 Å². The number of carbonyl (C=O) groups excluding carboxylic acids is 1. The third kappa shape index (κ3) is 2.65. The van der Waals surface area contributed by atoms with Gasteiger partial charge in [-0.3, -0.25) is 4.90 Å². The maximum absolute atomic E-state index is 12.4. The number of hydrogen-bond acceptors (Lipinski definition) is 3. The average molecular weight is 339 g/mol. The zero-order valence-corrected chi connectivity index (χ0v) is 13.7. The smallest absolute Gasteiger partial charge is 0.410 e. The molecule has 1 fully saturated rings. The van der Waals surface area contributed by atoms with Crippen LogP contribution < -0.4 is 0 Å². The highest BCUT2D eigenvalue weighted by atomic mass is 16.6. The Labute approximate surface area is 145 Å². The van der Waals surface area contributed by atoms with Crippen LogP contribution in [0.3, 0.4) is 0 Å². The summed E-state index contributed by atoms with van der Waals surface area (Å²) in [6, 6.07) is 15.5. The van der Waals surface area contributed by atoms with E-state index in [1.54, 1.807) is 0 Å². The maximum Gasteiger partial charge on any atom is 0.410 e. The quantitative estimate of drug-likeness (QED) is 0.870. The third-order valence-electron chi connectivity index (χ3n) is 5.11.